The van der Waals surface area contributed by atoms with Crippen LogP contribution in [0.15, 0.2) is 54.6 Å². The van der Waals surface area contributed by atoms with Crippen LogP contribution < -0.4 is 9.47 Å². The number of rotatable bonds is 6. The van der Waals surface area contributed by atoms with Crippen LogP contribution in [0.4, 0.5) is 4.79 Å². The number of ether oxygens (including phenoxy) is 3. The zero-order valence-electron chi connectivity index (χ0n) is 20.8. The Hall–Kier alpha value is -4.05. The number of hydrogen-bond donors (Lipinski definition) is 1. The van der Waals surface area contributed by atoms with Crippen molar-refractivity contribution in [1.82, 2.24) is 19.7 Å². The summed E-state index contributed by atoms with van der Waals surface area (Å²) >= 11 is 0. The first kappa shape index (κ1) is 25.1. The van der Waals surface area contributed by atoms with Crippen LogP contribution in [0.2, 0.25) is 0 Å². The summed E-state index contributed by atoms with van der Waals surface area (Å²) in [5, 5.41) is 15.0. The molecule has 2 aromatic carbocycles. The molecule has 10 nitrogen and oxygen atoms in total. The number of urea groups is 1. The van der Waals surface area contributed by atoms with Gasteiger partial charge in [-0.05, 0) is 55.3 Å². The van der Waals surface area contributed by atoms with Gasteiger partial charge in [0.15, 0.2) is 0 Å². The minimum atomic E-state index is -1.06. The molecule has 0 saturated carbocycles. The highest BCUT2D eigenvalue weighted by molar-refractivity contribution is 5.84. The summed E-state index contributed by atoms with van der Waals surface area (Å²) in [6.07, 6.45) is 0.592. The van der Waals surface area contributed by atoms with Gasteiger partial charge in [-0.3, -0.25) is 10.0 Å². The number of carbonyl (C=O) groups is 2. The van der Waals surface area contributed by atoms with Gasteiger partial charge in [-0.15, -0.1) is 0 Å². The summed E-state index contributed by atoms with van der Waals surface area (Å²) in [4.78, 5) is 27.0. The molecule has 1 N–H and O–H groups in total. The van der Waals surface area contributed by atoms with E-state index in [9.17, 15) is 14.8 Å². The highest BCUT2D eigenvalue weighted by Crippen LogP contribution is 2.40. The Kier molecular flexibility index (Phi) is 7.16. The number of methoxy groups -OCH3 is 3. The van der Waals surface area contributed by atoms with Gasteiger partial charge in [-0.2, -0.15) is 5.10 Å². The Labute approximate surface area is 209 Å². The normalized spacial score (nSPS) is 14.8. The summed E-state index contributed by atoms with van der Waals surface area (Å²) < 4.78 is 17.9. The summed E-state index contributed by atoms with van der Waals surface area (Å²) in [6, 6.07) is 16.4. The molecule has 0 atom stereocenters. The van der Waals surface area contributed by atoms with E-state index < -0.39 is 17.4 Å². The molecule has 1 saturated heterocycles. The van der Waals surface area contributed by atoms with E-state index in [-0.39, 0.29) is 13.1 Å². The van der Waals surface area contributed by atoms with Gasteiger partial charge in [-0.1, -0.05) is 12.1 Å². The fraction of sp³-hybridized carbons (Fsp3) is 0.346. The minimum absolute atomic E-state index is 0.262. The van der Waals surface area contributed by atoms with Crippen molar-refractivity contribution < 1.29 is 29.0 Å². The first-order valence-electron chi connectivity index (χ1n) is 11.5. The third-order valence-electron chi connectivity index (χ3n) is 6.64. The Morgan fingerprint density at radius 2 is 1.67 bits per heavy atom. The van der Waals surface area contributed by atoms with Crippen molar-refractivity contribution in [3.8, 4) is 28.4 Å². The van der Waals surface area contributed by atoms with E-state index >= 15 is 0 Å². The third kappa shape index (κ3) is 4.47. The molecule has 2 heterocycles. The van der Waals surface area contributed by atoms with Crippen LogP contribution in [0.3, 0.4) is 0 Å². The number of para-hydroxylation sites is 1. The van der Waals surface area contributed by atoms with Gasteiger partial charge in [0.2, 0.25) is 0 Å². The number of amides is 2. The standard InChI is InChI=1S/C26H30N4O6/c1-28(33)25(32)29-15-13-26(14-16-29,24(31)36-4)23-17-21(20-7-5-6-8-22(20)35-3)30(27-23)18-9-11-19(34-2)12-10-18/h5-12,17,33H,13-16H2,1-4H3. The molecular formula is C26H30N4O6. The second-order valence-electron chi connectivity index (χ2n) is 8.59. The van der Waals surface area contributed by atoms with Crippen LogP contribution in [0, 0.1) is 0 Å². The molecule has 4 rings (SSSR count). The number of nitrogens with zero attached hydrogens (tertiary/aromatic N) is 4. The van der Waals surface area contributed by atoms with Crippen LogP contribution in [-0.2, 0) is 14.9 Å². The van der Waals surface area contributed by atoms with Crippen LogP contribution in [0.1, 0.15) is 18.5 Å². The number of hydrogen-bond acceptors (Lipinski definition) is 7. The number of aromatic nitrogens is 2. The molecule has 190 valence electrons. The average molecular weight is 495 g/mol. The monoisotopic (exact) mass is 494 g/mol. The Balaban J connectivity index is 1.84. The number of carbonyl (C=O) groups excluding carboxylic acids is 2. The van der Waals surface area contributed by atoms with Gasteiger partial charge in [0.1, 0.15) is 16.9 Å². The van der Waals surface area contributed by atoms with E-state index in [2.05, 4.69) is 0 Å². The SMILES string of the molecule is COC(=O)C1(c2cc(-c3ccccc3OC)n(-c3ccc(OC)cc3)n2)CCN(C(=O)N(C)O)CC1. The zero-order chi connectivity index (χ0) is 25.9. The Morgan fingerprint density at radius 1 is 1.00 bits per heavy atom. The molecule has 0 bridgehead atoms. The molecule has 1 aromatic heterocycles. The topological polar surface area (TPSA) is 106 Å². The number of hydroxylamine groups is 2. The predicted molar refractivity (Wildman–Crippen MR) is 132 cm³/mol. The van der Waals surface area contributed by atoms with Gasteiger partial charge < -0.3 is 19.1 Å². The van der Waals surface area contributed by atoms with E-state index in [1.165, 1.54) is 19.1 Å². The minimum Gasteiger partial charge on any atom is -0.497 e. The molecule has 1 aliphatic heterocycles. The fourth-order valence-electron chi connectivity index (χ4n) is 4.63. The van der Waals surface area contributed by atoms with E-state index in [0.717, 1.165) is 16.9 Å². The average Bonchev–Trinajstić information content (AvgIpc) is 3.38. The van der Waals surface area contributed by atoms with E-state index in [1.54, 1.807) is 18.9 Å². The first-order chi connectivity index (χ1) is 17.3. The number of esters is 1. The van der Waals surface area contributed by atoms with E-state index in [0.29, 0.717) is 35.1 Å². The van der Waals surface area contributed by atoms with Crippen molar-refractivity contribution in [2.24, 2.45) is 0 Å². The molecule has 2 amide bonds. The second kappa shape index (κ2) is 10.3. The molecule has 3 aromatic rings. The maximum absolute atomic E-state index is 13.2. The highest BCUT2D eigenvalue weighted by atomic mass is 16.5. The molecule has 0 radical (unpaired) electrons. The molecule has 36 heavy (non-hydrogen) atoms. The summed E-state index contributed by atoms with van der Waals surface area (Å²) in [6.45, 7) is 0.524. The maximum Gasteiger partial charge on any atom is 0.343 e. The lowest BCUT2D eigenvalue weighted by Crippen LogP contribution is -2.51. The fourth-order valence-corrected chi connectivity index (χ4v) is 4.63. The first-order valence-corrected chi connectivity index (χ1v) is 11.5. The van der Waals surface area contributed by atoms with Crippen molar-refractivity contribution >= 4 is 12.0 Å². The molecular weight excluding hydrogens is 464 g/mol. The van der Waals surface area contributed by atoms with Gasteiger partial charge in [0.25, 0.3) is 0 Å². The van der Waals surface area contributed by atoms with Crippen LogP contribution in [-0.4, -0.2) is 78.4 Å². The Bertz CT molecular complexity index is 1230. The highest BCUT2D eigenvalue weighted by Gasteiger charge is 2.47. The maximum atomic E-state index is 13.2. The van der Waals surface area contributed by atoms with Crippen molar-refractivity contribution in [2.45, 2.75) is 18.3 Å². The van der Waals surface area contributed by atoms with Crippen molar-refractivity contribution in [2.75, 3.05) is 41.5 Å². The predicted octanol–water partition coefficient (Wildman–Crippen LogP) is 3.50. The van der Waals surface area contributed by atoms with E-state index in [4.69, 9.17) is 19.3 Å². The van der Waals surface area contributed by atoms with E-state index in [1.807, 2.05) is 54.6 Å². The van der Waals surface area contributed by atoms with Crippen LogP contribution >= 0.6 is 0 Å². The van der Waals surface area contributed by atoms with Gasteiger partial charge in [0, 0.05) is 25.7 Å². The molecule has 0 spiro atoms. The molecule has 0 aliphatic carbocycles. The number of likely N-dealkylation sites (tertiary alicyclic amines) is 1. The van der Waals surface area contributed by atoms with Crippen molar-refractivity contribution in [3.05, 3.63) is 60.3 Å². The summed E-state index contributed by atoms with van der Waals surface area (Å²) in [7, 11) is 5.84. The lowest BCUT2D eigenvalue weighted by atomic mass is 9.75. The van der Waals surface area contributed by atoms with Crippen molar-refractivity contribution in [3.63, 3.8) is 0 Å². The smallest absolute Gasteiger partial charge is 0.343 e. The van der Waals surface area contributed by atoms with Crippen LogP contribution in [0.5, 0.6) is 11.5 Å². The molecule has 10 heteroatoms. The molecule has 1 aliphatic rings. The largest absolute Gasteiger partial charge is 0.497 e. The van der Waals surface area contributed by atoms with Crippen LogP contribution in [0.25, 0.3) is 16.9 Å². The Morgan fingerprint density at radius 3 is 2.25 bits per heavy atom. The zero-order valence-corrected chi connectivity index (χ0v) is 20.8. The lowest BCUT2D eigenvalue weighted by Gasteiger charge is -2.39. The quantitative estimate of drug-likeness (QED) is 0.318. The number of piperidine rings is 1. The second-order valence-corrected chi connectivity index (χ2v) is 8.59. The molecule has 0 unspecified atom stereocenters. The summed E-state index contributed by atoms with van der Waals surface area (Å²) in [5.41, 5.74) is 1.80. The molecule has 1 fully saturated rings. The summed E-state index contributed by atoms with van der Waals surface area (Å²) in [5.74, 6) is 0.956. The van der Waals surface area contributed by atoms with Gasteiger partial charge in [-0.25, -0.2) is 14.5 Å². The third-order valence-corrected chi connectivity index (χ3v) is 6.64. The van der Waals surface area contributed by atoms with Crippen molar-refractivity contribution in [1.29, 1.82) is 0 Å². The van der Waals surface area contributed by atoms with Gasteiger partial charge >= 0.3 is 12.0 Å². The lowest BCUT2D eigenvalue weighted by molar-refractivity contribution is -0.149. The van der Waals surface area contributed by atoms with Gasteiger partial charge in [0.05, 0.1) is 38.4 Å². The number of benzene rings is 2.